The molecule has 1 fully saturated rings. The SMILES string of the molecule is CC1(C)CCC1NCc1ccsc1. The van der Waals surface area contributed by atoms with E-state index in [0.717, 1.165) is 12.6 Å². The monoisotopic (exact) mass is 195 g/mol. The molecule has 1 saturated carbocycles. The molecule has 72 valence electrons. The van der Waals surface area contributed by atoms with Gasteiger partial charge in [-0.3, -0.25) is 0 Å². The van der Waals surface area contributed by atoms with Crippen LogP contribution < -0.4 is 5.32 Å². The second-order valence-electron chi connectivity index (χ2n) is 4.59. The van der Waals surface area contributed by atoms with E-state index >= 15 is 0 Å². The molecule has 0 saturated heterocycles. The van der Waals surface area contributed by atoms with Gasteiger partial charge in [0.25, 0.3) is 0 Å². The van der Waals surface area contributed by atoms with Crippen LogP contribution >= 0.6 is 11.3 Å². The van der Waals surface area contributed by atoms with Gasteiger partial charge in [0, 0.05) is 12.6 Å². The van der Waals surface area contributed by atoms with Crippen molar-refractivity contribution >= 4 is 11.3 Å². The van der Waals surface area contributed by atoms with Crippen LogP contribution in [0.1, 0.15) is 32.3 Å². The van der Waals surface area contributed by atoms with Gasteiger partial charge in [0.2, 0.25) is 0 Å². The molecule has 13 heavy (non-hydrogen) atoms. The Balaban J connectivity index is 1.81. The molecule has 0 bridgehead atoms. The van der Waals surface area contributed by atoms with Crippen LogP contribution in [-0.2, 0) is 6.54 Å². The molecule has 1 aromatic rings. The van der Waals surface area contributed by atoms with E-state index in [1.807, 2.05) is 0 Å². The Morgan fingerprint density at radius 1 is 1.62 bits per heavy atom. The van der Waals surface area contributed by atoms with E-state index in [1.54, 1.807) is 11.3 Å². The number of hydrogen-bond acceptors (Lipinski definition) is 2. The van der Waals surface area contributed by atoms with Gasteiger partial charge in [-0.05, 0) is 40.6 Å². The van der Waals surface area contributed by atoms with Crippen LogP contribution in [0.2, 0.25) is 0 Å². The third-order valence-corrected chi connectivity index (χ3v) is 3.89. The molecule has 1 aromatic heterocycles. The van der Waals surface area contributed by atoms with Crippen LogP contribution in [0.25, 0.3) is 0 Å². The molecule has 0 aliphatic heterocycles. The molecule has 1 heterocycles. The van der Waals surface area contributed by atoms with E-state index in [0.29, 0.717) is 5.41 Å². The van der Waals surface area contributed by atoms with Crippen molar-refractivity contribution in [2.45, 2.75) is 39.3 Å². The largest absolute Gasteiger partial charge is 0.309 e. The first kappa shape index (κ1) is 9.22. The van der Waals surface area contributed by atoms with Crippen LogP contribution in [-0.4, -0.2) is 6.04 Å². The van der Waals surface area contributed by atoms with Gasteiger partial charge in [0.15, 0.2) is 0 Å². The summed E-state index contributed by atoms with van der Waals surface area (Å²) in [6.07, 6.45) is 2.71. The van der Waals surface area contributed by atoms with E-state index in [1.165, 1.54) is 18.4 Å². The first-order chi connectivity index (χ1) is 6.18. The first-order valence-electron chi connectivity index (χ1n) is 4.93. The highest BCUT2D eigenvalue weighted by atomic mass is 32.1. The fraction of sp³-hybridized carbons (Fsp3) is 0.636. The maximum Gasteiger partial charge on any atom is 0.0216 e. The summed E-state index contributed by atoms with van der Waals surface area (Å²) in [5.74, 6) is 0. The van der Waals surface area contributed by atoms with Crippen molar-refractivity contribution in [3.63, 3.8) is 0 Å². The number of nitrogens with one attached hydrogen (secondary N) is 1. The summed E-state index contributed by atoms with van der Waals surface area (Å²) in [5.41, 5.74) is 1.95. The van der Waals surface area contributed by atoms with Gasteiger partial charge in [-0.1, -0.05) is 13.8 Å². The van der Waals surface area contributed by atoms with Crippen LogP contribution in [0.5, 0.6) is 0 Å². The van der Waals surface area contributed by atoms with Crippen LogP contribution in [0.4, 0.5) is 0 Å². The Labute approximate surface area is 84.2 Å². The van der Waals surface area contributed by atoms with Crippen molar-refractivity contribution in [2.24, 2.45) is 5.41 Å². The Morgan fingerprint density at radius 3 is 2.92 bits per heavy atom. The van der Waals surface area contributed by atoms with Crippen molar-refractivity contribution in [1.29, 1.82) is 0 Å². The van der Waals surface area contributed by atoms with Crippen molar-refractivity contribution < 1.29 is 0 Å². The highest BCUT2D eigenvalue weighted by Gasteiger charge is 2.37. The molecule has 2 rings (SSSR count). The minimum absolute atomic E-state index is 0.524. The molecule has 0 amide bonds. The number of hydrogen-bond donors (Lipinski definition) is 1. The van der Waals surface area contributed by atoms with Crippen LogP contribution in [0.3, 0.4) is 0 Å². The van der Waals surface area contributed by atoms with Gasteiger partial charge in [-0.15, -0.1) is 0 Å². The summed E-state index contributed by atoms with van der Waals surface area (Å²) < 4.78 is 0. The molecular formula is C11H17NS. The molecule has 0 radical (unpaired) electrons. The fourth-order valence-corrected chi connectivity index (χ4v) is 2.55. The number of rotatable bonds is 3. The summed E-state index contributed by atoms with van der Waals surface area (Å²) in [4.78, 5) is 0. The topological polar surface area (TPSA) is 12.0 Å². The second kappa shape index (κ2) is 3.43. The lowest BCUT2D eigenvalue weighted by atomic mass is 9.67. The molecule has 1 atom stereocenters. The maximum atomic E-state index is 3.62. The lowest BCUT2D eigenvalue weighted by Crippen LogP contribution is -2.49. The van der Waals surface area contributed by atoms with E-state index in [9.17, 15) is 0 Å². The normalized spacial score (nSPS) is 25.5. The lowest BCUT2D eigenvalue weighted by molar-refractivity contribution is 0.108. The Morgan fingerprint density at radius 2 is 2.46 bits per heavy atom. The van der Waals surface area contributed by atoms with Crippen LogP contribution in [0, 0.1) is 5.41 Å². The highest BCUT2D eigenvalue weighted by molar-refractivity contribution is 7.07. The average Bonchev–Trinajstić information content (AvgIpc) is 2.55. The lowest BCUT2D eigenvalue weighted by Gasteiger charge is -2.45. The molecule has 1 aliphatic rings. The Kier molecular flexibility index (Phi) is 2.43. The average molecular weight is 195 g/mol. The van der Waals surface area contributed by atoms with Gasteiger partial charge >= 0.3 is 0 Å². The molecule has 2 heteroatoms. The third-order valence-electron chi connectivity index (χ3n) is 3.15. The van der Waals surface area contributed by atoms with Gasteiger partial charge in [0.05, 0.1) is 0 Å². The number of thiophene rings is 1. The third kappa shape index (κ3) is 1.94. The maximum absolute atomic E-state index is 3.62. The second-order valence-corrected chi connectivity index (χ2v) is 5.37. The van der Waals surface area contributed by atoms with Crippen molar-refractivity contribution in [3.8, 4) is 0 Å². The van der Waals surface area contributed by atoms with Gasteiger partial charge < -0.3 is 5.32 Å². The zero-order chi connectivity index (χ0) is 9.31. The molecule has 0 spiro atoms. The van der Waals surface area contributed by atoms with Crippen molar-refractivity contribution in [1.82, 2.24) is 5.32 Å². The summed E-state index contributed by atoms with van der Waals surface area (Å²) in [5, 5.41) is 7.98. The smallest absolute Gasteiger partial charge is 0.0216 e. The van der Waals surface area contributed by atoms with E-state index in [-0.39, 0.29) is 0 Å². The first-order valence-corrected chi connectivity index (χ1v) is 5.87. The minimum atomic E-state index is 0.524. The zero-order valence-electron chi connectivity index (χ0n) is 8.34. The Bertz CT molecular complexity index is 264. The van der Waals surface area contributed by atoms with E-state index < -0.39 is 0 Å². The molecule has 1 nitrogen and oxygen atoms in total. The zero-order valence-corrected chi connectivity index (χ0v) is 9.16. The quantitative estimate of drug-likeness (QED) is 0.781. The molecule has 1 aliphatic carbocycles. The summed E-state index contributed by atoms with van der Waals surface area (Å²) in [6.45, 7) is 5.74. The fourth-order valence-electron chi connectivity index (χ4n) is 1.88. The standard InChI is InChI=1S/C11H17NS/c1-11(2)5-3-10(11)12-7-9-4-6-13-8-9/h4,6,8,10,12H,3,5,7H2,1-2H3. The predicted molar refractivity (Wildman–Crippen MR) is 58.0 cm³/mol. The molecule has 1 N–H and O–H groups in total. The minimum Gasteiger partial charge on any atom is -0.309 e. The van der Waals surface area contributed by atoms with Gasteiger partial charge in [0.1, 0.15) is 0 Å². The summed E-state index contributed by atoms with van der Waals surface area (Å²) in [6, 6.07) is 2.93. The Hall–Kier alpha value is -0.340. The van der Waals surface area contributed by atoms with E-state index in [4.69, 9.17) is 0 Å². The highest BCUT2D eigenvalue weighted by Crippen LogP contribution is 2.39. The molecular weight excluding hydrogens is 178 g/mol. The summed E-state index contributed by atoms with van der Waals surface area (Å²) in [7, 11) is 0. The van der Waals surface area contributed by atoms with Crippen molar-refractivity contribution in [3.05, 3.63) is 22.4 Å². The molecule has 0 aromatic carbocycles. The summed E-state index contributed by atoms with van der Waals surface area (Å²) >= 11 is 1.78. The van der Waals surface area contributed by atoms with Gasteiger partial charge in [-0.2, -0.15) is 11.3 Å². The van der Waals surface area contributed by atoms with Crippen molar-refractivity contribution in [2.75, 3.05) is 0 Å². The van der Waals surface area contributed by atoms with E-state index in [2.05, 4.69) is 36.0 Å². The predicted octanol–water partition coefficient (Wildman–Crippen LogP) is 3.03. The molecule has 1 unspecified atom stereocenters. The van der Waals surface area contributed by atoms with Crippen LogP contribution in [0.15, 0.2) is 16.8 Å². The van der Waals surface area contributed by atoms with Gasteiger partial charge in [-0.25, -0.2) is 0 Å².